The summed E-state index contributed by atoms with van der Waals surface area (Å²) in [6.45, 7) is 5.43. The van der Waals surface area contributed by atoms with Crippen molar-refractivity contribution in [1.82, 2.24) is 5.32 Å². The summed E-state index contributed by atoms with van der Waals surface area (Å²) in [5.74, 6) is 0.190. The summed E-state index contributed by atoms with van der Waals surface area (Å²) in [6, 6.07) is 13.4. The highest BCUT2D eigenvalue weighted by Gasteiger charge is 2.28. The third kappa shape index (κ3) is 5.00. The SMILES string of the molecule is Cc1ccc(NC(=O)C(C)C2CNC2)cc1NS(=O)(=O)c1ccccc1.Cl. The molecule has 3 rings (SSSR count). The van der Waals surface area contributed by atoms with Gasteiger partial charge < -0.3 is 10.6 Å². The van der Waals surface area contributed by atoms with Crippen LogP contribution in [-0.2, 0) is 14.8 Å². The molecule has 3 N–H and O–H groups in total. The zero-order valence-electron chi connectivity index (χ0n) is 15.2. The van der Waals surface area contributed by atoms with Crippen molar-refractivity contribution in [2.24, 2.45) is 11.8 Å². The van der Waals surface area contributed by atoms with Crippen molar-refractivity contribution in [2.45, 2.75) is 18.7 Å². The van der Waals surface area contributed by atoms with Gasteiger partial charge in [-0.25, -0.2) is 8.42 Å². The van der Waals surface area contributed by atoms with Crippen LogP contribution in [0.2, 0.25) is 0 Å². The van der Waals surface area contributed by atoms with Crippen LogP contribution in [0.15, 0.2) is 53.4 Å². The van der Waals surface area contributed by atoms with Crippen LogP contribution in [-0.4, -0.2) is 27.4 Å². The summed E-state index contributed by atoms with van der Waals surface area (Å²) in [6.07, 6.45) is 0. The summed E-state index contributed by atoms with van der Waals surface area (Å²) in [7, 11) is -3.68. The van der Waals surface area contributed by atoms with Crippen molar-refractivity contribution in [2.75, 3.05) is 23.1 Å². The molecule has 1 unspecified atom stereocenters. The standard InChI is InChI=1S/C19H23N3O3S.ClH/c1-13-8-9-16(21-19(23)14(2)15-11-20-12-15)10-18(13)22-26(24,25)17-6-4-3-5-7-17;/h3-10,14-15,20,22H,11-12H2,1-2H3,(H,21,23);1H. The Kier molecular flexibility index (Phi) is 6.86. The molecule has 0 aromatic heterocycles. The van der Waals surface area contributed by atoms with Crippen LogP contribution in [0.4, 0.5) is 11.4 Å². The maximum Gasteiger partial charge on any atom is 0.261 e. The third-order valence-electron chi connectivity index (χ3n) is 4.74. The van der Waals surface area contributed by atoms with E-state index in [2.05, 4.69) is 15.4 Å². The van der Waals surface area contributed by atoms with Crippen molar-refractivity contribution < 1.29 is 13.2 Å². The minimum Gasteiger partial charge on any atom is -0.326 e. The highest BCUT2D eigenvalue weighted by Crippen LogP contribution is 2.25. The topological polar surface area (TPSA) is 87.3 Å². The number of sulfonamides is 1. The first kappa shape index (κ1) is 21.2. The smallest absolute Gasteiger partial charge is 0.261 e. The van der Waals surface area contributed by atoms with Crippen molar-refractivity contribution in [3.05, 3.63) is 54.1 Å². The van der Waals surface area contributed by atoms with E-state index in [1.165, 1.54) is 12.1 Å². The first-order valence-electron chi connectivity index (χ1n) is 8.57. The molecule has 1 atom stereocenters. The Balaban J connectivity index is 0.00000261. The minimum atomic E-state index is -3.68. The summed E-state index contributed by atoms with van der Waals surface area (Å²) < 4.78 is 27.7. The molecule has 8 heteroatoms. The van der Waals surface area contributed by atoms with Crippen LogP contribution in [0.25, 0.3) is 0 Å². The molecule has 1 heterocycles. The van der Waals surface area contributed by atoms with E-state index in [4.69, 9.17) is 0 Å². The number of hydrogen-bond donors (Lipinski definition) is 3. The lowest BCUT2D eigenvalue weighted by Crippen LogP contribution is -2.48. The highest BCUT2D eigenvalue weighted by molar-refractivity contribution is 7.92. The number of benzene rings is 2. The second-order valence-corrected chi connectivity index (χ2v) is 8.33. The monoisotopic (exact) mass is 409 g/mol. The quantitative estimate of drug-likeness (QED) is 0.684. The van der Waals surface area contributed by atoms with Crippen molar-refractivity contribution in [1.29, 1.82) is 0 Å². The van der Waals surface area contributed by atoms with Gasteiger partial charge in [0.15, 0.2) is 0 Å². The van der Waals surface area contributed by atoms with E-state index < -0.39 is 10.0 Å². The van der Waals surface area contributed by atoms with Gasteiger partial charge in [0.1, 0.15) is 0 Å². The molecule has 1 aliphatic rings. The van der Waals surface area contributed by atoms with E-state index in [-0.39, 0.29) is 29.1 Å². The Labute approximate surface area is 166 Å². The Morgan fingerprint density at radius 3 is 2.41 bits per heavy atom. The molecule has 1 aliphatic heterocycles. The molecule has 2 aromatic rings. The largest absolute Gasteiger partial charge is 0.326 e. The van der Waals surface area contributed by atoms with E-state index in [1.54, 1.807) is 36.4 Å². The number of rotatable bonds is 6. The molecule has 2 aromatic carbocycles. The van der Waals surface area contributed by atoms with Crippen LogP contribution in [0.1, 0.15) is 12.5 Å². The first-order chi connectivity index (χ1) is 12.4. The maximum atomic E-state index is 12.5. The van der Waals surface area contributed by atoms with Crippen LogP contribution < -0.4 is 15.4 Å². The van der Waals surface area contributed by atoms with Gasteiger partial charge in [0, 0.05) is 11.6 Å². The molecular weight excluding hydrogens is 386 g/mol. The van der Waals surface area contributed by atoms with Crippen LogP contribution in [0.3, 0.4) is 0 Å². The van der Waals surface area contributed by atoms with E-state index in [0.717, 1.165) is 18.7 Å². The molecule has 27 heavy (non-hydrogen) atoms. The number of nitrogens with one attached hydrogen (secondary N) is 3. The summed E-state index contributed by atoms with van der Waals surface area (Å²) in [4.78, 5) is 12.6. The van der Waals surface area contributed by atoms with E-state index >= 15 is 0 Å². The molecule has 0 aliphatic carbocycles. The van der Waals surface area contributed by atoms with Crippen LogP contribution in [0.5, 0.6) is 0 Å². The van der Waals surface area contributed by atoms with Crippen LogP contribution >= 0.6 is 12.4 Å². The lowest BCUT2D eigenvalue weighted by Gasteiger charge is -2.31. The van der Waals surface area contributed by atoms with Gasteiger partial charge in [0.25, 0.3) is 10.0 Å². The highest BCUT2D eigenvalue weighted by atomic mass is 35.5. The normalized spacial score (nSPS) is 15.2. The van der Waals surface area contributed by atoms with Crippen molar-refractivity contribution in [3.63, 3.8) is 0 Å². The number of anilines is 2. The molecule has 1 saturated heterocycles. The fourth-order valence-corrected chi connectivity index (χ4v) is 3.89. The van der Waals surface area contributed by atoms with Gasteiger partial charge in [-0.15, -0.1) is 12.4 Å². The second kappa shape index (κ2) is 8.73. The molecular formula is C19H24ClN3O3S. The zero-order chi connectivity index (χ0) is 18.7. The van der Waals surface area contributed by atoms with Crippen molar-refractivity contribution in [3.8, 4) is 0 Å². The van der Waals surface area contributed by atoms with Crippen molar-refractivity contribution >= 4 is 39.7 Å². The molecule has 1 fully saturated rings. The molecule has 146 valence electrons. The molecule has 0 radical (unpaired) electrons. The third-order valence-corrected chi connectivity index (χ3v) is 6.12. The van der Waals surface area contributed by atoms with E-state index in [9.17, 15) is 13.2 Å². The Bertz CT molecular complexity index is 900. The van der Waals surface area contributed by atoms with Gasteiger partial charge in [0.05, 0.1) is 10.6 Å². The van der Waals surface area contributed by atoms with E-state index in [0.29, 0.717) is 17.3 Å². The molecule has 6 nitrogen and oxygen atoms in total. The zero-order valence-corrected chi connectivity index (χ0v) is 16.9. The maximum absolute atomic E-state index is 12.5. The summed E-state index contributed by atoms with van der Waals surface area (Å²) in [5.41, 5.74) is 1.80. The fraction of sp³-hybridized carbons (Fsp3) is 0.316. The number of aryl methyl sites for hydroxylation is 1. The molecule has 0 saturated carbocycles. The van der Waals surface area contributed by atoms with Crippen LogP contribution in [0, 0.1) is 18.8 Å². The predicted molar refractivity (Wildman–Crippen MR) is 110 cm³/mol. The molecule has 0 bridgehead atoms. The summed E-state index contributed by atoms with van der Waals surface area (Å²) >= 11 is 0. The Morgan fingerprint density at radius 2 is 1.81 bits per heavy atom. The Morgan fingerprint density at radius 1 is 1.15 bits per heavy atom. The van der Waals surface area contributed by atoms with Gasteiger partial charge in [-0.1, -0.05) is 31.2 Å². The number of carbonyl (C=O) groups is 1. The van der Waals surface area contributed by atoms with Gasteiger partial charge in [0.2, 0.25) is 5.91 Å². The van der Waals surface area contributed by atoms with Gasteiger partial charge in [-0.3, -0.25) is 9.52 Å². The molecule has 1 amide bonds. The Hall–Kier alpha value is -2.09. The average molecular weight is 410 g/mol. The number of halogens is 1. The van der Waals surface area contributed by atoms with Gasteiger partial charge >= 0.3 is 0 Å². The average Bonchev–Trinajstić information content (AvgIpc) is 2.57. The number of carbonyl (C=O) groups excluding carboxylic acids is 1. The van der Waals surface area contributed by atoms with Gasteiger partial charge in [-0.2, -0.15) is 0 Å². The second-order valence-electron chi connectivity index (χ2n) is 6.64. The first-order valence-corrected chi connectivity index (χ1v) is 10.1. The lowest BCUT2D eigenvalue weighted by molar-refractivity contribution is -0.121. The fourth-order valence-electron chi connectivity index (χ4n) is 2.75. The number of hydrogen-bond acceptors (Lipinski definition) is 4. The van der Waals surface area contributed by atoms with E-state index in [1.807, 2.05) is 13.8 Å². The van der Waals surface area contributed by atoms with Gasteiger partial charge in [-0.05, 0) is 55.8 Å². The summed E-state index contributed by atoms with van der Waals surface area (Å²) in [5, 5.41) is 6.04. The molecule has 0 spiro atoms. The lowest BCUT2D eigenvalue weighted by atomic mass is 9.88. The predicted octanol–water partition coefficient (Wildman–Crippen LogP) is 3.01. The number of amides is 1. The minimum absolute atomic E-state index is 0.